The minimum absolute atomic E-state index is 0. The van der Waals surface area contributed by atoms with Gasteiger partial charge in [0.2, 0.25) is 0 Å². The Kier molecular flexibility index (Phi) is 3.11. The van der Waals surface area contributed by atoms with Gasteiger partial charge in [0.05, 0.1) is 5.41 Å². The molecule has 4 heteroatoms. The van der Waals surface area contributed by atoms with Crippen molar-refractivity contribution in [2.45, 2.75) is 24.7 Å². The van der Waals surface area contributed by atoms with E-state index in [4.69, 9.17) is 5.11 Å². The van der Waals surface area contributed by atoms with Gasteiger partial charge in [0.15, 0.2) is 0 Å². The van der Waals surface area contributed by atoms with E-state index in [0.717, 1.165) is 24.8 Å². The van der Waals surface area contributed by atoms with Crippen LogP contribution in [0.2, 0.25) is 0 Å². The molecule has 0 aliphatic heterocycles. The van der Waals surface area contributed by atoms with Crippen molar-refractivity contribution in [3.8, 4) is 0 Å². The normalized spacial score (nSPS) is 17.7. The van der Waals surface area contributed by atoms with Crippen molar-refractivity contribution in [2.75, 3.05) is 0 Å². The van der Waals surface area contributed by atoms with Gasteiger partial charge in [-0.2, -0.15) is 0 Å². The van der Waals surface area contributed by atoms with Gasteiger partial charge in [-0.15, -0.1) is 12.4 Å². The molecule has 0 radical (unpaired) electrons. The molecule has 1 fully saturated rings. The zero-order valence-electron chi connectivity index (χ0n) is 7.64. The second-order valence-corrected chi connectivity index (χ2v) is 3.48. The molecular weight excluding hydrogens is 202 g/mol. The number of hydrogen-bond donors (Lipinski definition) is 1. The number of carbonyl (C=O) groups is 1. The summed E-state index contributed by atoms with van der Waals surface area (Å²) in [5.41, 5.74) is 0.211. The van der Waals surface area contributed by atoms with Gasteiger partial charge in [0, 0.05) is 12.4 Å². The third-order valence-electron chi connectivity index (χ3n) is 2.83. The summed E-state index contributed by atoms with van der Waals surface area (Å²) in [5.74, 6) is -0.716. The van der Waals surface area contributed by atoms with E-state index < -0.39 is 11.4 Å². The molecule has 0 spiro atoms. The standard InChI is InChI=1S/C10H11NO2.ClH/c12-9(13)10(4-2-5-10)8-3-1-6-11-7-8;/h1,3,6-7H,2,4-5H2,(H,12,13);1H. The Morgan fingerprint density at radius 3 is 2.57 bits per heavy atom. The highest BCUT2D eigenvalue weighted by Crippen LogP contribution is 2.43. The third-order valence-corrected chi connectivity index (χ3v) is 2.83. The maximum Gasteiger partial charge on any atom is 0.314 e. The molecular formula is C10H12ClNO2. The number of carboxylic acids is 1. The first-order chi connectivity index (χ1) is 6.26. The number of aliphatic carboxylic acids is 1. The smallest absolute Gasteiger partial charge is 0.314 e. The number of hydrogen-bond acceptors (Lipinski definition) is 2. The molecule has 1 aromatic heterocycles. The predicted octanol–water partition coefficient (Wildman–Crippen LogP) is 2.01. The lowest BCUT2D eigenvalue weighted by molar-refractivity contribution is -0.147. The van der Waals surface area contributed by atoms with Crippen LogP contribution in [0.15, 0.2) is 24.5 Å². The highest BCUT2D eigenvalue weighted by molar-refractivity contribution is 5.85. The predicted molar refractivity (Wildman–Crippen MR) is 54.6 cm³/mol. The van der Waals surface area contributed by atoms with Gasteiger partial charge < -0.3 is 5.11 Å². The Bertz CT molecular complexity index is 322. The summed E-state index contributed by atoms with van der Waals surface area (Å²) in [6.45, 7) is 0. The van der Waals surface area contributed by atoms with Crippen molar-refractivity contribution in [1.29, 1.82) is 0 Å². The monoisotopic (exact) mass is 213 g/mol. The molecule has 3 nitrogen and oxygen atoms in total. The van der Waals surface area contributed by atoms with E-state index in [-0.39, 0.29) is 12.4 Å². The van der Waals surface area contributed by atoms with Crippen molar-refractivity contribution in [3.05, 3.63) is 30.1 Å². The summed E-state index contributed by atoms with van der Waals surface area (Å²) in [7, 11) is 0. The number of aromatic nitrogens is 1. The van der Waals surface area contributed by atoms with Crippen LogP contribution in [0.4, 0.5) is 0 Å². The van der Waals surface area contributed by atoms with Gasteiger partial charge in [-0.3, -0.25) is 9.78 Å². The van der Waals surface area contributed by atoms with E-state index in [2.05, 4.69) is 4.98 Å². The SMILES string of the molecule is Cl.O=C(O)C1(c2cccnc2)CCC1. The van der Waals surface area contributed by atoms with Gasteiger partial charge in [-0.1, -0.05) is 12.5 Å². The van der Waals surface area contributed by atoms with Crippen LogP contribution >= 0.6 is 12.4 Å². The quantitative estimate of drug-likeness (QED) is 0.818. The largest absolute Gasteiger partial charge is 0.481 e. The Balaban J connectivity index is 0.000000980. The second kappa shape index (κ2) is 3.96. The average molecular weight is 214 g/mol. The van der Waals surface area contributed by atoms with E-state index in [1.807, 2.05) is 6.07 Å². The molecule has 0 aromatic carbocycles. The van der Waals surface area contributed by atoms with Crippen LogP contribution in [0.1, 0.15) is 24.8 Å². The van der Waals surface area contributed by atoms with Crippen LogP contribution in [0, 0.1) is 0 Å². The molecule has 1 aliphatic rings. The van der Waals surface area contributed by atoms with Crippen LogP contribution < -0.4 is 0 Å². The summed E-state index contributed by atoms with van der Waals surface area (Å²) in [6.07, 6.45) is 5.81. The second-order valence-electron chi connectivity index (χ2n) is 3.48. The van der Waals surface area contributed by atoms with Crippen LogP contribution in [0.25, 0.3) is 0 Å². The molecule has 2 rings (SSSR count). The molecule has 1 heterocycles. The molecule has 0 amide bonds. The van der Waals surface area contributed by atoms with Crippen LogP contribution in [-0.4, -0.2) is 16.1 Å². The van der Waals surface area contributed by atoms with E-state index in [9.17, 15) is 4.79 Å². The maximum atomic E-state index is 11.1. The van der Waals surface area contributed by atoms with Crippen LogP contribution in [0.5, 0.6) is 0 Å². The summed E-state index contributed by atoms with van der Waals surface area (Å²) >= 11 is 0. The summed E-state index contributed by atoms with van der Waals surface area (Å²) < 4.78 is 0. The molecule has 1 saturated carbocycles. The van der Waals surface area contributed by atoms with Gasteiger partial charge >= 0.3 is 5.97 Å². The van der Waals surface area contributed by atoms with Gasteiger partial charge in [-0.25, -0.2) is 0 Å². The van der Waals surface area contributed by atoms with E-state index >= 15 is 0 Å². The number of carboxylic acid groups (broad SMARTS) is 1. The molecule has 0 atom stereocenters. The van der Waals surface area contributed by atoms with Crippen LogP contribution in [0.3, 0.4) is 0 Å². The zero-order chi connectivity index (χ0) is 9.31. The summed E-state index contributed by atoms with van der Waals surface area (Å²) in [5, 5.41) is 9.11. The Hall–Kier alpha value is -1.09. The van der Waals surface area contributed by atoms with Crippen molar-refractivity contribution in [3.63, 3.8) is 0 Å². The summed E-state index contributed by atoms with van der Waals surface area (Å²) in [6, 6.07) is 3.64. The number of rotatable bonds is 2. The first-order valence-corrected chi connectivity index (χ1v) is 4.40. The Labute approximate surface area is 88.6 Å². The molecule has 1 aromatic rings. The summed E-state index contributed by atoms with van der Waals surface area (Å²) in [4.78, 5) is 15.0. The first kappa shape index (κ1) is 11.0. The highest BCUT2D eigenvalue weighted by atomic mass is 35.5. The van der Waals surface area contributed by atoms with Gasteiger partial charge in [0.25, 0.3) is 0 Å². The van der Waals surface area contributed by atoms with Crippen molar-refractivity contribution in [2.24, 2.45) is 0 Å². The number of halogens is 1. The fourth-order valence-corrected chi connectivity index (χ4v) is 1.80. The number of nitrogens with zero attached hydrogens (tertiary/aromatic N) is 1. The molecule has 1 N–H and O–H groups in total. The lowest BCUT2D eigenvalue weighted by Gasteiger charge is -2.37. The van der Waals surface area contributed by atoms with E-state index in [1.54, 1.807) is 18.5 Å². The minimum Gasteiger partial charge on any atom is -0.481 e. The van der Waals surface area contributed by atoms with E-state index in [0.29, 0.717) is 0 Å². The highest BCUT2D eigenvalue weighted by Gasteiger charge is 2.45. The Morgan fingerprint density at radius 2 is 2.21 bits per heavy atom. The topological polar surface area (TPSA) is 50.2 Å². The lowest BCUT2D eigenvalue weighted by Crippen LogP contribution is -2.42. The van der Waals surface area contributed by atoms with E-state index in [1.165, 1.54) is 0 Å². The minimum atomic E-state index is -0.716. The third kappa shape index (κ3) is 1.48. The van der Waals surface area contributed by atoms with Crippen LogP contribution in [-0.2, 0) is 10.2 Å². The average Bonchev–Trinajstić information content (AvgIpc) is 2.03. The molecule has 0 bridgehead atoms. The van der Waals surface area contributed by atoms with Gasteiger partial charge in [0.1, 0.15) is 0 Å². The fourth-order valence-electron chi connectivity index (χ4n) is 1.80. The van der Waals surface area contributed by atoms with Crippen molar-refractivity contribution < 1.29 is 9.90 Å². The lowest BCUT2D eigenvalue weighted by atomic mass is 9.65. The Morgan fingerprint density at radius 1 is 1.50 bits per heavy atom. The van der Waals surface area contributed by atoms with Gasteiger partial charge in [-0.05, 0) is 24.5 Å². The molecule has 0 saturated heterocycles. The fraction of sp³-hybridized carbons (Fsp3) is 0.400. The molecule has 1 aliphatic carbocycles. The zero-order valence-corrected chi connectivity index (χ0v) is 8.46. The first-order valence-electron chi connectivity index (χ1n) is 4.40. The van der Waals surface area contributed by atoms with Crippen molar-refractivity contribution >= 4 is 18.4 Å². The number of pyridine rings is 1. The van der Waals surface area contributed by atoms with Crippen molar-refractivity contribution in [1.82, 2.24) is 4.98 Å². The molecule has 76 valence electrons. The molecule has 14 heavy (non-hydrogen) atoms. The maximum absolute atomic E-state index is 11.1. The molecule has 0 unspecified atom stereocenters.